The van der Waals surface area contributed by atoms with Crippen molar-refractivity contribution in [2.24, 2.45) is 5.92 Å². The van der Waals surface area contributed by atoms with Crippen molar-refractivity contribution in [1.82, 2.24) is 15.3 Å². The number of carbonyl (C=O) groups excluding carboxylic acids is 2. The second kappa shape index (κ2) is 6.98. The third kappa shape index (κ3) is 3.78. The first-order valence-electron chi connectivity index (χ1n) is 7.03. The number of methoxy groups -OCH3 is 1. The molecule has 0 spiro atoms. The quantitative estimate of drug-likeness (QED) is 0.797. The molecule has 0 saturated carbocycles. The van der Waals surface area contributed by atoms with Crippen molar-refractivity contribution >= 4 is 23.6 Å². The number of hydrogen-bond donors (Lipinski definition) is 2. The number of carbonyl (C=O) groups is 2. The first kappa shape index (κ1) is 15.9. The van der Waals surface area contributed by atoms with E-state index >= 15 is 0 Å². The molecule has 1 atom stereocenters. The van der Waals surface area contributed by atoms with E-state index in [1.165, 1.54) is 7.11 Å². The molecular formula is C14H21N3O3S. The van der Waals surface area contributed by atoms with Crippen LogP contribution < -0.4 is 5.32 Å². The predicted molar refractivity (Wildman–Crippen MR) is 80.9 cm³/mol. The Balaban J connectivity index is 2.02. The van der Waals surface area contributed by atoms with E-state index in [1.54, 1.807) is 24.3 Å². The zero-order valence-electron chi connectivity index (χ0n) is 12.3. The largest absolute Gasteiger partial charge is 0.467 e. The monoisotopic (exact) mass is 311 g/mol. The van der Waals surface area contributed by atoms with E-state index in [4.69, 9.17) is 4.74 Å². The molecule has 1 aromatic heterocycles. The van der Waals surface area contributed by atoms with E-state index < -0.39 is 5.54 Å². The molecule has 1 fully saturated rings. The van der Waals surface area contributed by atoms with Crippen molar-refractivity contribution in [3.63, 3.8) is 0 Å². The highest BCUT2D eigenvalue weighted by molar-refractivity contribution is 7.99. The fraction of sp³-hybridized carbons (Fsp3) is 0.643. The highest BCUT2D eigenvalue weighted by Crippen LogP contribution is 2.28. The van der Waals surface area contributed by atoms with Gasteiger partial charge in [0, 0.05) is 24.2 Å². The molecule has 0 bridgehead atoms. The van der Waals surface area contributed by atoms with Crippen molar-refractivity contribution in [1.29, 1.82) is 0 Å². The van der Waals surface area contributed by atoms with Crippen LogP contribution in [0.15, 0.2) is 12.5 Å². The van der Waals surface area contributed by atoms with Gasteiger partial charge in [-0.1, -0.05) is 6.92 Å². The topological polar surface area (TPSA) is 84.1 Å². The average Bonchev–Trinajstić information content (AvgIpc) is 3.00. The van der Waals surface area contributed by atoms with E-state index in [0.717, 1.165) is 17.2 Å². The maximum atomic E-state index is 12.4. The number of aromatic nitrogens is 2. The molecule has 6 nitrogen and oxygen atoms in total. The Kier molecular flexibility index (Phi) is 5.27. The van der Waals surface area contributed by atoms with E-state index in [1.807, 2.05) is 6.92 Å². The Bertz CT molecular complexity index is 484. The number of rotatable bonds is 5. The average molecular weight is 311 g/mol. The van der Waals surface area contributed by atoms with Gasteiger partial charge in [0.05, 0.1) is 13.4 Å². The highest BCUT2D eigenvalue weighted by Gasteiger charge is 2.42. The van der Waals surface area contributed by atoms with Gasteiger partial charge in [0.15, 0.2) is 0 Å². The Morgan fingerprint density at radius 1 is 1.52 bits per heavy atom. The molecule has 1 amide bonds. The number of amides is 1. The third-order valence-electron chi connectivity index (χ3n) is 3.81. The molecule has 1 aliphatic heterocycles. The van der Waals surface area contributed by atoms with Crippen LogP contribution >= 0.6 is 11.8 Å². The standard InChI is InChI=1S/C14H21N3O3S/c1-10(7-11-8-15-9-16-11)12(18)17-14(13(19)20-2)3-5-21-6-4-14/h8-10H,3-7H2,1-2H3,(H,15,16)(H,17,18). The summed E-state index contributed by atoms with van der Waals surface area (Å²) in [5.74, 6) is 1.00. The van der Waals surface area contributed by atoms with Crippen molar-refractivity contribution in [2.75, 3.05) is 18.6 Å². The second-order valence-corrected chi connectivity index (χ2v) is 6.58. The molecule has 116 valence electrons. The second-order valence-electron chi connectivity index (χ2n) is 5.36. The lowest BCUT2D eigenvalue weighted by Crippen LogP contribution is -2.58. The number of aromatic amines is 1. The zero-order chi connectivity index (χ0) is 15.3. The predicted octanol–water partition coefficient (Wildman–Crippen LogP) is 1.14. The van der Waals surface area contributed by atoms with Crippen molar-refractivity contribution in [3.05, 3.63) is 18.2 Å². The molecule has 1 aliphatic rings. The summed E-state index contributed by atoms with van der Waals surface area (Å²) in [6.45, 7) is 1.85. The van der Waals surface area contributed by atoms with Gasteiger partial charge in [0.1, 0.15) is 5.54 Å². The summed E-state index contributed by atoms with van der Waals surface area (Å²) in [6, 6.07) is 0. The molecule has 2 heterocycles. The van der Waals surface area contributed by atoms with E-state index in [2.05, 4.69) is 15.3 Å². The molecule has 0 aliphatic carbocycles. The fourth-order valence-electron chi connectivity index (χ4n) is 2.47. The lowest BCUT2D eigenvalue weighted by molar-refractivity contribution is -0.152. The van der Waals surface area contributed by atoms with Gasteiger partial charge >= 0.3 is 5.97 Å². The molecule has 1 unspecified atom stereocenters. The van der Waals surface area contributed by atoms with Crippen LogP contribution in [0.2, 0.25) is 0 Å². The molecule has 21 heavy (non-hydrogen) atoms. The van der Waals surface area contributed by atoms with Gasteiger partial charge < -0.3 is 15.0 Å². The Labute approximate surface area is 128 Å². The first-order chi connectivity index (χ1) is 10.1. The van der Waals surface area contributed by atoms with Crippen molar-refractivity contribution in [2.45, 2.75) is 31.7 Å². The van der Waals surface area contributed by atoms with Crippen molar-refractivity contribution in [3.8, 4) is 0 Å². The molecule has 2 rings (SSSR count). The number of thioether (sulfide) groups is 1. The molecule has 1 aromatic rings. The number of hydrogen-bond acceptors (Lipinski definition) is 5. The molecule has 0 radical (unpaired) electrons. The number of nitrogens with zero attached hydrogens (tertiary/aromatic N) is 1. The Morgan fingerprint density at radius 2 is 2.24 bits per heavy atom. The molecule has 1 saturated heterocycles. The zero-order valence-corrected chi connectivity index (χ0v) is 13.2. The smallest absolute Gasteiger partial charge is 0.331 e. The van der Waals surface area contributed by atoms with Crippen LogP contribution in [0.25, 0.3) is 0 Å². The Morgan fingerprint density at radius 3 is 2.81 bits per heavy atom. The van der Waals surface area contributed by atoms with Gasteiger partial charge in [-0.25, -0.2) is 9.78 Å². The third-order valence-corrected chi connectivity index (χ3v) is 4.80. The fourth-order valence-corrected chi connectivity index (χ4v) is 3.66. The van der Waals surface area contributed by atoms with Gasteiger partial charge in [-0.3, -0.25) is 4.79 Å². The van der Waals surface area contributed by atoms with E-state index in [9.17, 15) is 9.59 Å². The summed E-state index contributed by atoms with van der Waals surface area (Å²) in [6.07, 6.45) is 5.10. The summed E-state index contributed by atoms with van der Waals surface area (Å²) in [7, 11) is 1.37. The van der Waals surface area contributed by atoms with Gasteiger partial charge in [0.2, 0.25) is 5.91 Å². The molecule has 7 heteroatoms. The van der Waals surface area contributed by atoms with Crippen LogP contribution in [-0.4, -0.2) is 46.0 Å². The normalized spacial score (nSPS) is 18.8. The summed E-state index contributed by atoms with van der Waals surface area (Å²) in [5.41, 5.74) is 0.0447. The maximum absolute atomic E-state index is 12.4. The summed E-state index contributed by atoms with van der Waals surface area (Å²) in [4.78, 5) is 31.4. The molecular weight excluding hydrogens is 290 g/mol. The number of H-pyrrole nitrogens is 1. The lowest BCUT2D eigenvalue weighted by Gasteiger charge is -2.35. The molecule has 2 N–H and O–H groups in total. The highest BCUT2D eigenvalue weighted by atomic mass is 32.2. The summed E-state index contributed by atoms with van der Waals surface area (Å²) >= 11 is 1.79. The first-order valence-corrected chi connectivity index (χ1v) is 8.18. The van der Waals surface area contributed by atoms with E-state index in [-0.39, 0.29) is 17.8 Å². The van der Waals surface area contributed by atoms with Crippen LogP contribution in [0, 0.1) is 5.92 Å². The van der Waals surface area contributed by atoms with Crippen LogP contribution in [-0.2, 0) is 20.7 Å². The SMILES string of the molecule is COC(=O)C1(NC(=O)C(C)Cc2cnc[nH]2)CCSCC1. The lowest BCUT2D eigenvalue weighted by atomic mass is 9.91. The number of esters is 1. The van der Waals surface area contributed by atoms with Gasteiger partial charge in [-0.2, -0.15) is 11.8 Å². The van der Waals surface area contributed by atoms with Gasteiger partial charge in [-0.05, 0) is 24.3 Å². The Hall–Kier alpha value is -1.50. The number of nitrogens with one attached hydrogen (secondary N) is 2. The van der Waals surface area contributed by atoms with Crippen LogP contribution in [0.3, 0.4) is 0 Å². The molecule has 0 aromatic carbocycles. The summed E-state index contributed by atoms with van der Waals surface area (Å²) in [5, 5.41) is 2.93. The summed E-state index contributed by atoms with van der Waals surface area (Å²) < 4.78 is 4.90. The minimum absolute atomic E-state index is 0.123. The van der Waals surface area contributed by atoms with Gasteiger partial charge in [-0.15, -0.1) is 0 Å². The van der Waals surface area contributed by atoms with Crippen LogP contribution in [0.5, 0.6) is 0 Å². The van der Waals surface area contributed by atoms with Gasteiger partial charge in [0.25, 0.3) is 0 Å². The number of ether oxygens (including phenoxy) is 1. The van der Waals surface area contributed by atoms with Crippen LogP contribution in [0.4, 0.5) is 0 Å². The van der Waals surface area contributed by atoms with Crippen LogP contribution in [0.1, 0.15) is 25.5 Å². The van der Waals surface area contributed by atoms with E-state index in [0.29, 0.717) is 19.3 Å². The minimum Gasteiger partial charge on any atom is -0.467 e. The number of imidazole rings is 1. The maximum Gasteiger partial charge on any atom is 0.331 e. The van der Waals surface area contributed by atoms with Crippen molar-refractivity contribution < 1.29 is 14.3 Å². The minimum atomic E-state index is -0.862.